The number of aromatic nitrogens is 2. The van der Waals surface area contributed by atoms with Crippen LogP contribution in [-0.4, -0.2) is 45.9 Å². The molecule has 0 aliphatic carbocycles. The lowest BCUT2D eigenvalue weighted by molar-refractivity contribution is -0.142. The van der Waals surface area contributed by atoms with Crippen molar-refractivity contribution in [1.29, 1.82) is 0 Å². The second kappa shape index (κ2) is 6.90. The average molecular weight is 340 g/mol. The van der Waals surface area contributed by atoms with Crippen molar-refractivity contribution in [2.75, 3.05) is 26.2 Å². The molecule has 8 heteroatoms. The van der Waals surface area contributed by atoms with Gasteiger partial charge in [0, 0.05) is 52.4 Å². The number of hydrogen-bond acceptors (Lipinski definition) is 5. The minimum Gasteiger partial charge on any atom is -0.449 e. The van der Waals surface area contributed by atoms with Gasteiger partial charge in [-0.2, -0.15) is 13.2 Å². The largest absolute Gasteiger partial charge is 0.449 e. The van der Waals surface area contributed by atoms with Gasteiger partial charge in [0.1, 0.15) is 12.0 Å². The monoisotopic (exact) mass is 340 g/mol. The second-order valence-corrected chi connectivity index (χ2v) is 5.92. The van der Waals surface area contributed by atoms with Crippen LogP contribution < -0.4 is 0 Å². The van der Waals surface area contributed by atoms with Gasteiger partial charge in [0.15, 0.2) is 5.89 Å². The smallest absolute Gasteiger partial charge is 0.433 e. The molecule has 1 saturated heterocycles. The summed E-state index contributed by atoms with van der Waals surface area (Å²) >= 11 is 0. The Kier molecular flexibility index (Phi) is 4.86. The van der Waals surface area contributed by atoms with Gasteiger partial charge in [0.05, 0.1) is 5.69 Å². The lowest BCUT2D eigenvalue weighted by atomic mass is 10.1. The molecule has 0 unspecified atom stereocenters. The Morgan fingerprint density at radius 2 is 1.79 bits per heavy atom. The van der Waals surface area contributed by atoms with Crippen molar-refractivity contribution in [2.24, 2.45) is 0 Å². The minimum atomic E-state index is -4.41. The number of halogens is 3. The van der Waals surface area contributed by atoms with Gasteiger partial charge in [-0.05, 0) is 11.6 Å². The van der Waals surface area contributed by atoms with Crippen LogP contribution in [0.15, 0.2) is 29.0 Å². The Hall–Kier alpha value is -1.93. The first-order chi connectivity index (χ1) is 11.4. The first-order valence-electron chi connectivity index (χ1n) is 7.78. The van der Waals surface area contributed by atoms with Gasteiger partial charge >= 0.3 is 6.18 Å². The van der Waals surface area contributed by atoms with Crippen LogP contribution in [0.1, 0.15) is 22.8 Å². The molecule has 0 spiro atoms. The fourth-order valence-corrected chi connectivity index (χ4v) is 2.88. The molecule has 1 aliphatic heterocycles. The lowest BCUT2D eigenvalue weighted by Crippen LogP contribution is -2.45. The van der Waals surface area contributed by atoms with E-state index >= 15 is 0 Å². The Morgan fingerprint density at radius 1 is 1.12 bits per heavy atom. The lowest BCUT2D eigenvalue weighted by Gasteiger charge is -2.34. The summed E-state index contributed by atoms with van der Waals surface area (Å²) < 4.78 is 44.2. The third-order valence-electron chi connectivity index (χ3n) is 4.07. The van der Waals surface area contributed by atoms with Crippen LogP contribution in [0.3, 0.4) is 0 Å². The first-order valence-corrected chi connectivity index (χ1v) is 7.78. The maximum absolute atomic E-state index is 13.0. The van der Waals surface area contributed by atoms with E-state index in [2.05, 4.69) is 14.9 Å². The van der Waals surface area contributed by atoms with Crippen LogP contribution in [0, 0.1) is 6.92 Å². The number of rotatable bonds is 4. The summed E-state index contributed by atoms with van der Waals surface area (Å²) in [4.78, 5) is 12.0. The van der Waals surface area contributed by atoms with E-state index in [0.29, 0.717) is 25.5 Å². The summed E-state index contributed by atoms with van der Waals surface area (Å²) in [5.74, 6) is 0.639. The van der Waals surface area contributed by atoms with E-state index in [-0.39, 0.29) is 12.1 Å². The average Bonchev–Trinajstić information content (AvgIpc) is 2.94. The van der Waals surface area contributed by atoms with Crippen LogP contribution in [0.5, 0.6) is 0 Å². The first kappa shape index (κ1) is 16.9. The maximum Gasteiger partial charge on any atom is 0.433 e. The van der Waals surface area contributed by atoms with Crippen molar-refractivity contribution in [3.05, 3.63) is 47.4 Å². The highest BCUT2D eigenvalue weighted by Gasteiger charge is 2.35. The van der Waals surface area contributed by atoms with Gasteiger partial charge in [-0.15, -0.1) is 0 Å². The third kappa shape index (κ3) is 4.12. The van der Waals surface area contributed by atoms with Crippen LogP contribution in [0.4, 0.5) is 13.2 Å². The number of alkyl halides is 3. The van der Waals surface area contributed by atoms with Gasteiger partial charge in [-0.3, -0.25) is 14.8 Å². The molecule has 0 amide bonds. The zero-order valence-corrected chi connectivity index (χ0v) is 13.4. The molecule has 1 fully saturated rings. The SMILES string of the molecule is Cc1nc(CN2CCN(Cc3cccnc3C(F)(F)F)CC2)co1. The quantitative estimate of drug-likeness (QED) is 0.856. The summed E-state index contributed by atoms with van der Waals surface area (Å²) in [6.07, 6.45) is -1.58. The van der Waals surface area contributed by atoms with Crippen LogP contribution in [-0.2, 0) is 19.3 Å². The van der Waals surface area contributed by atoms with Gasteiger partial charge in [0.2, 0.25) is 0 Å². The summed E-state index contributed by atoms with van der Waals surface area (Å²) in [7, 11) is 0. The van der Waals surface area contributed by atoms with E-state index in [0.717, 1.165) is 18.8 Å². The number of oxazole rings is 1. The summed E-state index contributed by atoms with van der Waals surface area (Å²) in [5, 5.41) is 0. The van der Waals surface area contributed by atoms with E-state index in [4.69, 9.17) is 4.42 Å². The number of pyridine rings is 1. The molecule has 0 N–H and O–H groups in total. The molecule has 2 aromatic heterocycles. The summed E-state index contributed by atoms with van der Waals surface area (Å²) in [6, 6.07) is 3.05. The maximum atomic E-state index is 13.0. The molecule has 130 valence electrons. The third-order valence-corrected chi connectivity index (χ3v) is 4.07. The van der Waals surface area contributed by atoms with Crippen molar-refractivity contribution >= 4 is 0 Å². The van der Waals surface area contributed by atoms with E-state index in [9.17, 15) is 13.2 Å². The summed E-state index contributed by atoms with van der Waals surface area (Å²) in [6.45, 7) is 5.76. The van der Waals surface area contributed by atoms with Gasteiger partial charge < -0.3 is 4.42 Å². The zero-order chi connectivity index (χ0) is 17.2. The Bertz CT molecular complexity index is 678. The van der Waals surface area contributed by atoms with Crippen molar-refractivity contribution in [1.82, 2.24) is 19.8 Å². The predicted molar refractivity (Wildman–Crippen MR) is 81.0 cm³/mol. The molecule has 0 radical (unpaired) electrons. The van der Waals surface area contributed by atoms with Gasteiger partial charge in [-0.1, -0.05) is 6.07 Å². The molecule has 5 nitrogen and oxygen atoms in total. The fourth-order valence-electron chi connectivity index (χ4n) is 2.88. The Labute approximate surface area is 138 Å². The molecule has 24 heavy (non-hydrogen) atoms. The molecule has 2 aromatic rings. The highest BCUT2D eigenvalue weighted by atomic mass is 19.4. The molecule has 0 bridgehead atoms. The second-order valence-electron chi connectivity index (χ2n) is 5.92. The standard InChI is InChI=1S/C16H19F3N4O/c1-12-21-14(11-24-12)10-23-7-5-22(6-8-23)9-13-3-2-4-20-15(13)16(17,18)19/h2-4,11H,5-10H2,1H3. The summed E-state index contributed by atoms with van der Waals surface area (Å²) in [5.41, 5.74) is 0.323. The number of piperazine rings is 1. The highest BCUT2D eigenvalue weighted by molar-refractivity contribution is 5.22. The molecule has 0 aromatic carbocycles. The highest BCUT2D eigenvalue weighted by Crippen LogP contribution is 2.30. The van der Waals surface area contributed by atoms with Crippen molar-refractivity contribution in [3.63, 3.8) is 0 Å². The molecule has 0 saturated carbocycles. The van der Waals surface area contributed by atoms with E-state index in [1.165, 1.54) is 12.3 Å². The number of hydrogen-bond donors (Lipinski definition) is 0. The Morgan fingerprint density at radius 3 is 2.38 bits per heavy atom. The number of aryl methyl sites for hydroxylation is 1. The molecule has 3 rings (SSSR count). The van der Waals surface area contributed by atoms with Crippen molar-refractivity contribution in [3.8, 4) is 0 Å². The topological polar surface area (TPSA) is 45.4 Å². The number of nitrogens with zero attached hydrogens (tertiary/aromatic N) is 4. The van der Waals surface area contributed by atoms with Crippen molar-refractivity contribution < 1.29 is 17.6 Å². The van der Waals surface area contributed by atoms with Crippen LogP contribution >= 0.6 is 0 Å². The molecular weight excluding hydrogens is 321 g/mol. The molecule has 1 aliphatic rings. The predicted octanol–water partition coefficient (Wildman–Crippen LogP) is 2.71. The van der Waals surface area contributed by atoms with Gasteiger partial charge in [0.25, 0.3) is 0 Å². The van der Waals surface area contributed by atoms with E-state index < -0.39 is 11.9 Å². The van der Waals surface area contributed by atoms with Crippen LogP contribution in [0.2, 0.25) is 0 Å². The van der Waals surface area contributed by atoms with E-state index in [1.807, 2.05) is 4.90 Å². The van der Waals surface area contributed by atoms with Crippen molar-refractivity contribution in [2.45, 2.75) is 26.2 Å². The zero-order valence-electron chi connectivity index (χ0n) is 13.4. The Balaban J connectivity index is 1.56. The molecule has 0 atom stereocenters. The normalized spacial score (nSPS) is 17.3. The van der Waals surface area contributed by atoms with E-state index in [1.54, 1.807) is 19.3 Å². The fraction of sp³-hybridized carbons (Fsp3) is 0.500. The van der Waals surface area contributed by atoms with Gasteiger partial charge in [-0.25, -0.2) is 4.98 Å². The van der Waals surface area contributed by atoms with Crippen LogP contribution in [0.25, 0.3) is 0 Å². The molecular formula is C16H19F3N4O. The minimum absolute atomic E-state index is 0.227. The molecule has 3 heterocycles.